The molecule has 0 aliphatic carbocycles. The molecule has 182 valence electrons. The molecule has 2 aromatic rings. The number of ether oxygens (including phenoxy) is 1. The normalized spacial score (nSPS) is 28.1. The van der Waals surface area contributed by atoms with Gasteiger partial charge in [0.2, 0.25) is 5.91 Å². The molecule has 1 amide bonds. The first-order chi connectivity index (χ1) is 15.9. The molecule has 34 heavy (non-hydrogen) atoms. The molecule has 7 heteroatoms. The van der Waals surface area contributed by atoms with Crippen molar-refractivity contribution in [2.75, 3.05) is 13.7 Å². The Morgan fingerprint density at radius 1 is 1.15 bits per heavy atom. The van der Waals surface area contributed by atoms with Crippen molar-refractivity contribution in [1.29, 1.82) is 5.41 Å². The van der Waals surface area contributed by atoms with Crippen LogP contribution >= 0.6 is 12.4 Å². The minimum atomic E-state index is -0.0240. The van der Waals surface area contributed by atoms with E-state index in [0.29, 0.717) is 24.4 Å². The van der Waals surface area contributed by atoms with Crippen molar-refractivity contribution in [2.45, 2.75) is 51.4 Å². The molecule has 0 aromatic heterocycles. The maximum atomic E-state index is 14.0. The Balaban J connectivity index is 0.00000274. The van der Waals surface area contributed by atoms with Crippen LogP contribution in [0.25, 0.3) is 0 Å². The summed E-state index contributed by atoms with van der Waals surface area (Å²) >= 11 is 0. The maximum absolute atomic E-state index is 14.0. The molecule has 6 nitrogen and oxygen atoms in total. The second-order valence-electron chi connectivity index (χ2n) is 10.1. The first-order valence-electron chi connectivity index (χ1n) is 12.0. The highest BCUT2D eigenvalue weighted by atomic mass is 35.5. The van der Waals surface area contributed by atoms with Gasteiger partial charge >= 0.3 is 0 Å². The predicted octanol–water partition coefficient (Wildman–Crippen LogP) is 4.22. The minimum Gasteiger partial charge on any atom is -0.497 e. The summed E-state index contributed by atoms with van der Waals surface area (Å²) < 4.78 is 5.31. The van der Waals surface area contributed by atoms with E-state index in [1.165, 1.54) is 12.0 Å². The van der Waals surface area contributed by atoms with Gasteiger partial charge in [-0.1, -0.05) is 50.2 Å². The first kappa shape index (κ1) is 24.6. The third kappa shape index (κ3) is 3.97. The van der Waals surface area contributed by atoms with Crippen molar-refractivity contribution in [2.24, 2.45) is 23.5 Å². The summed E-state index contributed by atoms with van der Waals surface area (Å²) in [4.78, 5) is 18.8. The number of hydrogen-bond acceptors (Lipinski definition) is 4. The van der Waals surface area contributed by atoms with Crippen LogP contribution in [-0.2, 0) is 11.3 Å². The van der Waals surface area contributed by atoms with E-state index in [9.17, 15) is 4.79 Å². The molecule has 0 bridgehead atoms. The smallest absolute Gasteiger partial charge is 0.228 e. The number of nitrogens with two attached hydrogens (primary N) is 1. The average Bonchev–Trinajstić information content (AvgIpc) is 3.46. The van der Waals surface area contributed by atoms with Crippen molar-refractivity contribution >= 4 is 24.1 Å². The highest BCUT2D eigenvalue weighted by molar-refractivity contribution is 5.95. The number of fused-ring (bicyclic) bond motifs is 3. The lowest BCUT2D eigenvalue weighted by atomic mass is 9.79. The molecule has 3 aliphatic heterocycles. The van der Waals surface area contributed by atoms with Crippen LogP contribution in [0.15, 0.2) is 48.5 Å². The number of hydrogen-bond donors (Lipinski definition) is 2. The second kappa shape index (κ2) is 9.59. The number of amidine groups is 1. The number of carbonyl (C=O) groups is 1. The molecule has 0 spiro atoms. The predicted molar refractivity (Wildman–Crippen MR) is 136 cm³/mol. The lowest BCUT2D eigenvalue weighted by Crippen LogP contribution is -2.44. The van der Waals surface area contributed by atoms with E-state index in [4.69, 9.17) is 15.9 Å². The molecule has 3 saturated heterocycles. The van der Waals surface area contributed by atoms with E-state index in [1.54, 1.807) is 7.11 Å². The summed E-state index contributed by atoms with van der Waals surface area (Å²) in [5.74, 6) is 1.90. The van der Waals surface area contributed by atoms with Crippen molar-refractivity contribution in [3.8, 4) is 5.75 Å². The van der Waals surface area contributed by atoms with Gasteiger partial charge in [-0.05, 0) is 48.6 Å². The van der Waals surface area contributed by atoms with Gasteiger partial charge in [0.1, 0.15) is 11.6 Å². The summed E-state index contributed by atoms with van der Waals surface area (Å²) in [5, 5.41) is 7.71. The average molecular weight is 483 g/mol. The Hall–Kier alpha value is -2.57. The van der Waals surface area contributed by atoms with E-state index < -0.39 is 0 Å². The zero-order valence-corrected chi connectivity index (χ0v) is 20.9. The van der Waals surface area contributed by atoms with Crippen LogP contribution in [-0.4, -0.2) is 47.3 Å². The zero-order chi connectivity index (χ0) is 23.3. The summed E-state index contributed by atoms with van der Waals surface area (Å²) in [5.41, 5.74) is 8.71. The van der Waals surface area contributed by atoms with E-state index in [1.807, 2.05) is 24.3 Å². The number of nitrogen functional groups attached to an aromatic ring is 1. The highest BCUT2D eigenvalue weighted by Gasteiger charge is 2.62. The highest BCUT2D eigenvalue weighted by Crippen LogP contribution is 2.56. The lowest BCUT2D eigenvalue weighted by Gasteiger charge is -2.35. The molecule has 3 aliphatic rings. The third-order valence-corrected chi connectivity index (χ3v) is 7.98. The molecule has 5 atom stereocenters. The number of nitrogens with zero attached hydrogens (tertiary/aromatic N) is 2. The summed E-state index contributed by atoms with van der Waals surface area (Å²) in [6.07, 6.45) is 2.35. The fourth-order valence-corrected chi connectivity index (χ4v) is 6.69. The third-order valence-electron chi connectivity index (χ3n) is 7.98. The topological polar surface area (TPSA) is 82.7 Å². The number of halogens is 1. The molecule has 0 radical (unpaired) electrons. The van der Waals surface area contributed by atoms with Crippen LogP contribution in [0, 0.1) is 23.2 Å². The number of methoxy groups -OCH3 is 1. The Kier molecular flexibility index (Phi) is 6.92. The first-order valence-corrected chi connectivity index (χ1v) is 12.0. The number of amides is 1. The summed E-state index contributed by atoms with van der Waals surface area (Å²) in [6.45, 7) is 6.21. The van der Waals surface area contributed by atoms with E-state index in [0.717, 1.165) is 29.8 Å². The van der Waals surface area contributed by atoms with Crippen molar-refractivity contribution in [1.82, 2.24) is 9.80 Å². The van der Waals surface area contributed by atoms with Gasteiger partial charge in [0, 0.05) is 36.2 Å². The SMILES string of the molecule is COc1ccc(CN2C(=O)[C@H]3[C@@H]([C@H]2C(C)C)[C@@H]2CCCN2[C@H]3c2ccc(C(=N)N)cc2)cc1.Cl. The van der Waals surface area contributed by atoms with Gasteiger partial charge in [-0.25, -0.2) is 0 Å². The second-order valence-corrected chi connectivity index (χ2v) is 10.1. The van der Waals surface area contributed by atoms with Crippen molar-refractivity contribution in [3.05, 3.63) is 65.2 Å². The van der Waals surface area contributed by atoms with Crippen LogP contribution in [0.1, 0.15) is 49.4 Å². The molecule has 3 heterocycles. The van der Waals surface area contributed by atoms with E-state index in [2.05, 4.69) is 47.9 Å². The fraction of sp³-hybridized carbons (Fsp3) is 0.481. The van der Waals surface area contributed by atoms with Crippen LogP contribution in [0.5, 0.6) is 5.75 Å². The molecule has 2 aromatic carbocycles. The van der Waals surface area contributed by atoms with Gasteiger partial charge in [0.05, 0.1) is 13.0 Å². The van der Waals surface area contributed by atoms with E-state index in [-0.39, 0.29) is 42.2 Å². The monoisotopic (exact) mass is 482 g/mol. The van der Waals surface area contributed by atoms with Crippen molar-refractivity contribution < 1.29 is 9.53 Å². The molecule has 5 rings (SSSR count). The Morgan fingerprint density at radius 3 is 2.41 bits per heavy atom. The lowest BCUT2D eigenvalue weighted by molar-refractivity contribution is -0.134. The molecule has 3 fully saturated rings. The van der Waals surface area contributed by atoms with Gasteiger partial charge in [-0.3, -0.25) is 15.1 Å². The van der Waals surface area contributed by atoms with Crippen LogP contribution < -0.4 is 10.5 Å². The van der Waals surface area contributed by atoms with Gasteiger partial charge in [-0.15, -0.1) is 12.4 Å². The van der Waals surface area contributed by atoms with Crippen LogP contribution in [0.4, 0.5) is 0 Å². The van der Waals surface area contributed by atoms with Crippen molar-refractivity contribution in [3.63, 3.8) is 0 Å². The van der Waals surface area contributed by atoms with Gasteiger partial charge < -0.3 is 15.4 Å². The number of benzene rings is 2. The molecular weight excluding hydrogens is 448 g/mol. The van der Waals surface area contributed by atoms with Crippen LogP contribution in [0.3, 0.4) is 0 Å². The zero-order valence-electron chi connectivity index (χ0n) is 20.1. The van der Waals surface area contributed by atoms with Gasteiger partial charge in [0.15, 0.2) is 0 Å². The van der Waals surface area contributed by atoms with Crippen LogP contribution in [0.2, 0.25) is 0 Å². The standard InChI is InChI=1S/C27H34N4O2.ClH/c1-16(2)24-22-21-5-4-14-30(21)25(18-8-10-19(11-9-18)26(28)29)23(22)27(32)31(24)15-17-6-12-20(33-3)13-7-17;/h6-13,16,21-25H,4-5,14-15H2,1-3H3,(H3,28,29);1H/t21-,22-,23-,24+,25-;/m0./s1. The maximum Gasteiger partial charge on any atom is 0.228 e. The molecule has 0 saturated carbocycles. The number of carbonyl (C=O) groups excluding carboxylic acids is 1. The fourth-order valence-electron chi connectivity index (χ4n) is 6.69. The summed E-state index contributed by atoms with van der Waals surface area (Å²) in [6, 6.07) is 16.8. The largest absolute Gasteiger partial charge is 0.497 e. The Morgan fingerprint density at radius 2 is 1.82 bits per heavy atom. The summed E-state index contributed by atoms with van der Waals surface area (Å²) in [7, 11) is 1.67. The Labute approximate surface area is 208 Å². The minimum absolute atomic E-state index is 0. The number of likely N-dealkylation sites (tertiary alicyclic amines) is 1. The molecule has 0 unspecified atom stereocenters. The molecule has 3 N–H and O–H groups in total. The van der Waals surface area contributed by atoms with Gasteiger partial charge in [-0.2, -0.15) is 0 Å². The Bertz CT molecular complexity index is 1040. The molecular formula is C27H35ClN4O2. The quantitative estimate of drug-likeness (QED) is 0.477. The van der Waals surface area contributed by atoms with Gasteiger partial charge in [0.25, 0.3) is 0 Å². The number of rotatable bonds is 6. The van der Waals surface area contributed by atoms with E-state index >= 15 is 0 Å². The number of nitrogens with one attached hydrogen (secondary N) is 1.